The Labute approximate surface area is 384 Å². The molecule has 1 heterocycles. The van der Waals surface area contributed by atoms with Crippen molar-refractivity contribution in [1.82, 2.24) is 4.98 Å². The van der Waals surface area contributed by atoms with Crippen LogP contribution < -0.4 is 9.80 Å². The number of para-hydroxylation sites is 4. The third kappa shape index (κ3) is 6.91. The Hall–Kier alpha value is -8.79. The molecule has 0 fully saturated rings. The number of rotatable bonds is 9. The number of nitrogens with zero attached hydrogens (tertiary/aromatic N) is 3. The van der Waals surface area contributed by atoms with Gasteiger partial charge in [-0.1, -0.05) is 152 Å². The molecule has 0 saturated carbocycles. The molecule has 0 spiro atoms. The largest absolute Gasteiger partial charge is 0.311 e. The van der Waals surface area contributed by atoms with Crippen molar-refractivity contribution < 1.29 is 0 Å². The molecule has 12 rings (SSSR count). The van der Waals surface area contributed by atoms with Gasteiger partial charge in [-0.05, 0) is 168 Å². The van der Waals surface area contributed by atoms with Gasteiger partial charge >= 0.3 is 0 Å². The maximum atomic E-state index is 4.59. The molecule has 0 atom stereocenters. The monoisotopic (exact) mass is 841 g/mol. The molecule has 1 aromatic heterocycles. The van der Waals surface area contributed by atoms with Crippen LogP contribution in [0.2, 0.25) is 0 Å². The lowest BCUT2D eigenvalue weighted by atomic mass is 9.83. The van der Waals surface area contributed by atoms with Crippen molar-refractivity contribution in [3.63, 3.8) is 0 Å². The Morgan fingerprint density at radius 2 is 0.652 bits per heavy atom. The Bertz CT molecular complexity index is 3570. The van der Waals surface area contributed by atoms with Crippen LogP contribution in [-0.4, -0.2) is 4.98 Å². The van der Waals surface area contributed by atoms with E-state index in [1.54, 1.807) is 0 Å². The van der Waals surface area contributed by atoms with Crippen LogP contribution in [-0.2, 0) is 0 Å². The number of fused-ring (bicyclic) bond motifs is 5. The highest BCUT2D eigenvalue weighted by atomic mass is 15.1. The number of aromatic nitrogens is 1. The fourth-order valence-electron chi connectivity index (χ4n) is 9.91. The van der Waals surface area contributed by atoms with Crippen molar-refractivity contribution in [3.05, 3.63) is 261 Å². The maximum Gasteiger partial charge on any atom is 0.0462 e. The van der Waals surface area contributed by atoms with E-state index in [0.29, 0.717) is 0 Å². The number of hydrogen-bond donors (Lipinski definition) is 0. The average molecular weight is 842 g/mol. The van der Waals surface area contributed by atoms with Gasteiger partial charge in [0, 0.05) is 52.1 Å². The van der Waals surface area contributed by atoms with Crippen LogP contribution in [0, 0.1) is 0 Å². The van der Waals surface area contributed by atoms with E-state index < -0.39 is 0 Å². The molecule has 0 N–H and O–H groups in total. The fraction of sp³-hybridized carbons (Fsp3) is 0. The molecule has 3 heteroatoms. The fourth-order valence-corrected chi connectivity index (χ4v) is 9.91. The van der Waals surface area contributed by atoms with Gasteiger partial charge in [0.2, 0.25) is 0 Å². The molecule has 0 saturated heterocycles. The van der Waals surface area contributed by atoms with E-state index in [4.69, 9.17) is 0 Å². The highest BCUT2D eigenvalue weighted by molar-refractivity contribution is 6.27. The summed E-state index contributed by atoms with van der Waals surface area (Å²) in [6.45, 7) is 0. The molecular formula is C63H43N3. The summed E-state index contributed by atoms with van der Waals surface area (Å²) < 4.78 is 0. The van der Waals surface area contributed by atoms with E-state index in [9.17, 15) is 0 Å². The van der Waals surface area contributed by atoms with Crippen molar-refractivity contribution in [1.29, 1.82) is 0 Å². The summed E-state index contributed by atoms with van der Waals surface area (Å²) in [4.78, 5) is 9.23. The zero-order valence-corrected chi connectivity index (χ0v) is 36.2. The first-order chi connectivity index (χ1) is 32.8. The standard InChI is InChI=1S/C63H43N3/c1-5-20-48(21-6-1)65(49-22-7-2-8-23-49)52-35-31-44(32-36-52)62-55-29-15-16-30-56(55)63(45-33-37-53(38-34-45)66(50-24-9-3-10-25-50)51-26-11-4-12-27-51)61-42-59-57(47-19-17-39-64-43-47)40-46-18-13-14-28-54(46)58(59)41-60(61)62/h1-43H. The highest BCUT2D eigenvalue weighted by Gasteiger charge is 2.21. The van der Waals surface area contributed by atoms with Gasteiger partial charge in [-0.2, -0.15) is 0 Å². The molecule has 66 heavy (non-hydrogen) atoms. The zero-order valence-electron chi connectivity index (χ0n) is 36.2. The SMILES string of the molecule is c1ccc(N(c2ccccc2)c2ccc(-c3c4ccccc4c(-c4ccc(N(c5ccccc5)c5ccccc5)cc4)c4cc5c(cc34)c(-c3cccnc3)cc3ccccc35)cc2)cc1. The smallest absolute Gasteiger partial charge is 0.0462 e. The lowest BCUT2D eigenvalue weighted by Gasteiger charge is -2.26. The van der Waals surface area contributed by atoms with Crippen LogP contribution >= 0.6 is 0 Å². The predicted octanol–water partition coefficient (Wildman–Crippen LogP) is 17.6. The van der Waals surface area contributed by atoms with Crippen LogP contribution in [0.5, 0.6) is 0 Å². The van der Waals surface area contributed by atoms with Crippen LogP contribution in [0.4, 0.5) is 34.1 Å². The Morgan fingerprint density at radius 3 is 1.09 bits per heavy atom. The molecule has 0 amide bonds. The summed E-state index contributed by atoms with van der Waals surface area (Å²) in [6.07, 6.45) is 3.84. The normalized spacial score (nSPS) is 11.3. The molecule has 0 radical (unpaired) electrons. The second kappa shape index (κ2) is 16.7. The molecular weight excluding hydrogens is 799 g/mol. The first-order valence-electron chi connectivity index (χ1n) is 22.5. The van der Waals surface area contributed by atoms with Crippen molar-refractivity contribution in [3.8, 4) is 33.4 Å². The van der Waals surface area contributed by atoms with E-state index in [0.717, 1.165) is 50.8 Å². The second-order valence-corrected chi connectivity index (χ2v) is 16.7. The van der Waals surface area contributed by atoms with E-state index in [-0.39, 0.29) is 0 Å². The molecule has 0 unspecified atom stereocenters. The topological polar surface area (TPSA) is 19.4 Å². The van der Waals surface area contributed by atoms with E-state index in [1.807, 2.05) is 18.5 Å². The summed E-state index contributed by atoms with van der Waals surface area (Å²) in [5.74, 6) is 0. The maximum absolute atomic E-state index is 4.59. The van der Waals surface area contributed by atoms with Gasteiger partial charge in [-0.25, -0.2) is 0 Å². The number of anilines is 6. The summed E-state index contributed by atoms with van der Waals surface area (Å²) in [5.41, 5.74) is 13.7. The van der Waals surface area contributed by atoms with Crippen LogP contribution in [0.15, 0.2) is 261 Å². The lowest BCUT2D eigenvalue weighted by molar-refractivity contribution is 1.28. The number of pyridine rings is 1. The molecule has 0 aliphatic carbocycles. The van der Waals surface area contributed by atoms with Crippen LogP contribution in [0.25, 0.3) is 76.5 Å². The molecule has 11 aromatic carbocycles. The van der Waals surface area contributed by atoms with Gasteiger partial charge in [-0.3, -0.25) is 4.98 Å². The summed E-state index contributed by atoms with van der Waals surface area (Å²) in [6, 6.07) is 89.9. The molecule has 310 valence electrons. The average Bonchev–Trinajstić information content (AvgIpc) is 3.39. The highest BCUT2D eigenvalue weighted by Crippen LogP contribution is 2.48. The van der Waals surface area contributed by atoms with Gasteiger partial charge in [0.05, 0.1) is 0 Å². The first-order valence-corrected chi connectivity index (χ1v) is 22.5. The Balaban J connectivity index is 1.12. The third-order valence-electron chi connectivity index (χ3n) is 12.9. The van der Waals surface area contributed by atoms with Crippen LogP contribution in [0.3, 0.4) is 0 Å². The summed E-state index contributed by atoms with van der Waals surface area (Å²) in [7, 11) is 0. The zero-order chi connectivity index (χ0) is 43.8. The third-order valence-corrected chi connectivity index (χ3v) is 12.9. The van der Waals surface area contributed by atoms with Crippen LogP contribution in [0.1, 0.15) is 0 Å². The van der Waals surface area contributed by atoms with Gasteiger partial charge in [0.25, 0.3) is 0 Å². The molecule has 12 aromatic rings. The van der Waals surface area contributed by atoms with E-state index >= 15 is 0 Å². The quantitative estimate of drug-likeness (QED) is 0.107. The van der Waals surface area contributed by atoms with Gasteiger partial charge in [0.15, 0.2) is 0 Å². The first kappa shape index (κ1) is 38.9. The predicted molar refractivity (Wildman–Crippen MR) is 280 cm³/mol. The minimum Gasteiger partial charge on any atom is -0.311 e. The van der Waals surface area contributed by atoms with Crippen molar-refractivity contribution >= 4 is 77.2 Å². The van der Waals surface area contributed by atoms with E-state index in [1.165, 1.54) is 59.8 Å². The summed E-state index contributed by atoms with van der Waals surface area (Å²) >= 11 is 0. The van der Waals surface area contributed by atoms with Crippen molar-refractivity contribution in [2.24, 2.45) is 0 Å². The lowest BCUT2D eigenvalue weighted by Crippen LogP contribution is -2.09. The molecule has 0 aliphatic heterocycles. The van der Waals surface area contributed by atoms with Gasteiger partial charge in [-0.15, -0.1) is 0 Å². The van der Waals surface area contributed by atoms with Crippen molar-refractivity contribution in [2.45, 2.75) is 0 Å². The molecule has 3 nitrogen and oxygen atoms in total. The molecule has 0 aliphatic rings. The van der Waals surface area contributed by atoms with Crippen molar-refractivity contribution in [2.75, 3.05) is 9.80 Å². The Morgan fingerprint density at radius 1 is 0.258 bits per heavy atom. The second-order valence-electron chi connectivity index (χ2n) is 16.7. The minimum absolute atomic E-state index is 1.09. The molecule has 0 bridgehead atoms. The Kier molecular flexibility index (Phi) is 9.85. The number of hydrogen-bond acceptors (Lipinski definition) is 3. The van der Waals surface area contributed by atoms with Gasteiger partial charge in [0.1, 0.15) is 0 Å². The van der Waals surface area contributed by atoms with Gasteiger partial charge < -0.3 is 9.80 Å². The minimum atomic E-state index is 1.09. The number of benzene rings is 11. The van der Waals surface area contributed by atoms with E-state index in [2.05, 4.69) is 257 Å². The summed E-state index contributed by atoms with van der Waals surface area (Å²) in [5, 5.41) is 9.67.